The molecule has 21 heavy (non-hydrogen) atoms. The predicted octanol–water partition coefficient (Wildman–Crippen LogP) is 1.78. The monoisotopic (exact) mass is 283 g/mol. The van der Waals surface area contributed by atoms with Crippen LogP contribution in [0.15, 0.2) is 24.3 Å². The van der Waals surface area contributed by atoms with E-state index < -0.39 is 0 Å². The van der Waals surface area contributed by atoms with Crippen LogP contribution in [-0.4, -0.2) is 40.6 Å². The Morgan fingerprint density at radius 2 is 2.00 bits per heavy atom. The van der Waals surface area contributed by atoms with Gasteiger partial charge in [-0.2, -0.15) is 5.26 Å². The summed E-state index contributed by atoms with van der Waals surface area (Å²) in [5.74, 6) is -0.00946. The highest BCUT2D eigenvalue weighted by atomic mass is 16.2. The topological polar surface area (TPSA) is 81.9 Å². The van der Waals surface area contributed by atoms with Gasteiger partial charge in [0, 0.05) is 18.5 Å². The second kappa shape index (κ2) is 6.66. The molecule has 2 aromatic rings. The molecule has 1 heterocycles. The number of aromatic nitrogens is 2. The van der Waals surface area contributed by atoms with E-state index in [0.717, 1.165) is 5.39 Å². The Bertz CT molecular complexity index is 688. The Labute approximate surface area is 123 Å². The molecule has 0 aliphatic rings. The normalized spacial score (nSPS) is 10.1. The Kier molecular flexibility index (Phi) is 4.67. The van der Waals surface area contributed by atoms with Crippen molar-refractivity contribution in [3.8, 4) is 6.07 Å². The number of nitrogens with one attached hydrogen (secondary N) is 1. The van der Waals surface area contributed by atoms with E-state index in [0.29, 0.717) is 24.3 Å². The number of fused-ring (bicyclic) bond motifs is 1. The molecule has 0 unspecified atom stereocenters. The summed E-state index contributed by atoms with van der Waals surface area (Å²) in [4.78, 5) is 13.8. The van der Waals surface area contributed by atoms with Gasteiger partial charge in [-0.05, 0) is 19.9 Å². The van der Waals surface area contributed by atoms with Crippen molar-refractivity contribution >= 4 is 22.5 Å². The van der Waals surface area contributed by atoms with Gasteiger partial charge in [-0.15, -0.1) is 10.2 Å². The van der Waals surface area contributed by atoms with Crippen LogP contribution in [0.25, 0.3) is 10.9 Å². The highest BCUT2D eigenvalue weighted by Gasteiger charge is 2.13. The van der Waals surface area contributed by atoms with Crippen molar-refractivity contribution in [2.75, 3.05) is 25.0 Å². The van der Waals surface area contributed by atoms with Crippen molar-refractivity contribution in [1.82, 2.24) is 15.1 Å². The third kappa shape index (κ3) is 3.08. The van der Waals surface area contributed by atoms with Crippen molar-refractivity contribution in [1.29, 1.82) is 5.26 Å². The summed E-state index contributed by atoms with van der Waals surface area (Å²) in [7, 11) is 0. The molecule has 0 bridgehead atoms. The van der Waals surface area contributed by atoms with Crippen LogP contribution in [-0.2, 0) is 4.79 Å². The zero-order valence-electron chi connectivity index (χ0n) is 12.1. The summed E-state index contributed by atoms with van der Waals surface area (Å²) in [6.45, 7) is 5.33. The van der Waals surface area contributed by atoms with Crippen LogP contribution >= 0.6 is 0 Å². The summed E-state index contributed by atoms with van der Waals surface area (Å²) in [5.41, 5.74) is 1.44. The number of carbonyl (C=O) groups is 1. The minimum Gasteiger partial charge on any atom is -0.373 e. The van der Waals surface area contributed by atoms with Crippen LogP contribution < -0.4 is 5.32 Å². The van der Waals surface area contributed by atoms with E-state index in [1.807, 2.05) is 44.2 Å². The molecule has 0 saturated heterocycles. The van der Waals surface area contributed by atoms with Crippen LogP contribution in [0.3, 0.4) is 0 Å². The van der Waals surface area contributed by atoms with E-state index in [4.69, 9.17) is 5.26 Å². The van der Waals surface area contributed by atoms with Gasteiger partial charge in [0.25, 0.3) is 0 Å². The van der Waals surface area contributed by atoms with Gasteiger partial charge in [0.1, 0.15) is 6.07 Å². The fraction of sp³-hybridized carbons (Fsp3) is 0.333. The summed E-state index contributed by atoms with van der Waals surface area (Å²) < 4.78 is 0. The minimum absolute atomic E-state index is 0.00946. The largest absolute Gasteiger partial charge is 0.373 e. The number of hydrogen-bond acceptors (Lipinski definition) is 5. The van der Waals surface area contributed by atoms with Crippen LogP contribution in [0.4, 0.5) is 5.69 Å². The molecule has 6 nitrogen and oxygen atoms in total. The molecule has 108 valence electrons. The van der Waals surface area contributed by atoms with Gasteiger partial charge in [-0.1, -0.05) is 18.2 Å². The fourth-order valence-corrected chi connectivity index (χ4v) is 2.16. The Morgan fingerprint density at radius 3 is 2.67 bits per heavy atom. The number of carbonyl (C=O) groups excluding carboxylic acids is 1. The lowest BCUT2D eigenvalue weighted by Crippen LogP contribution is -2.35. The van der Waals surface area contributed by atoms with Crippen LogP contribution in [0, 0.1) is 11.3 Å². The smallest absolute Gasteiger partial charge is 0.241 e. The van der Waals surface area contributed by atoms with Crippen LogP contribution in [0.1, 0.15) is 19.5 Å². The summed E-state index contributed by atoms with van der Waals surface area (Å²) in [5, 5.41) is 20.9. The maximum absolute atomic E-state index is 12.1. The second-order valence-corrected chi connectivity index (χ2v) is 4.47. The van der Waals surface area contributed by atoms with Gasteiger partial charge in [0.05, 0.1) is 17.7 Å². The maximum atomic E-state index is 12.1. The van der Waals surface area contributed by atoms with Gasteiger partial charge in [-0.25, -0.2) is 0 Å². The summed E-state index contributed by atoms with van der Waals surface area (Å²) in [6.07, 6.45) is 0. The number of anilines is 1. The number of rotatable bonds is 5. The first kappa shape index (κ1) is 14.7. The van der Waals surface area contributed by atoms with E-state index in [1.54, 1.807) is 4.90 Å². The van der Waals surface area contributed by atoms with Gasteiger partial charge in [0.2, 0.25) is 5.91 Å². The SMILES string of the molecule is CCN(CC)C(=O)CNc1c(C#N)nnc2ccccc12. The van der Waals surface area contributed by atoms with Gasteiger partial charge in [-0.3, -0.25) is 4.79 Å². The molecule has 0 atom stereocenters. The Morgan fingerprint density at radius 1 is 1.29 bits per heavy atom. The van der Waals surface area contributed by atoms with Crippen molar-refractivity contribution in [3.63, 3.8) is 0 Å². The molecular formula is C15H17N5O. The summed E-state index contributed by atoms with van der Waals surface area (Å²) >= 11 is 0. The van der Waals surface area contributed by atoms with Crippen LogP contribution in [0.5, 0.6) is 0 Å². The quantitative estimate of drug-likeness (QED) is 0.904. The molecule has 0 aliphatic heterocycles. The van der Waals surface area contributed by atoms with Crippen molar-refractivity contribution < 1.29 is 4.79 Å². The zero-order chi connectivity index (χ0) is 15.2. The molecule has 6 heteroatoms. The number of nitriles is 1. The van der Waals surface area contributed by atoms with E-state index in [-0.39, 0.29) is 18.1 Å². The third-order valence-electron chi connectivity index (χ3n) is 3.31. The average Bonchev–Trinajstić information content (AvgIpc) is 2.53. The lowest BCUT2D eigenvalue weighted by atomic mass is 10.1. The molecule has 1 aromatic heterocycles. The van der Waals surface area contributed by atoms with Crippen molar-refractivity contribution in [2.24, 2.45) is 0 Å². The molecular weight excluding hydrogens is 266 g/mol. The first-order valence-corrected chi connectivity index (χ1v) is 6.88. The molecule has 1 amide bonds. The van der Waals surface area contributed by atoms with E-state index in [9.17, 15) is 4.79 Å². The summed E-state index contributed by atoms with van der Waals surface area (Å²) in [6, 6.07) is 9.40. The molecule has 0 fully saturated rings. The van der Waals surface area contributed by atoms with Gasteiger partial charge >= 0.3 is 0 Å². The number of likely N-dealkylation sites (N-methyl/N-ethyl adjacent to an activating group) is 1. The second-order valence-electron chi connectivity index (χ2n) is 4.47. The zero-order valence-corrected chi connectivity index (χ0v) is 12.1. The van der Waals surface area contributed by atoms with Crippen molar-refractivity contribution in [2.45, 2.75) is 13.8 Å². The minimum atomic E-state index is -0.00946. The number of benzene rings is 1. The molecule has 0 radical (unpaired) electrons. The molecule has 1 N–H and O–H groups in total. The molecule has 0 spiro atoms. The highest BCUT2D eigenvalue weighted by molar-refractivity contribution is 5.94. The van der Waals surface area contributed by atoms with Crippen LogP contribution in [0.2, 0.25) is 0 Å². The number of hydrogen-bond donors (Lipinski definition) is 1. The van der Waals surface area contributed by atoms with E-state index in [2.05, 4.69) is 15.5 Å². The predicted molar refractivity (Wildman–Crippen MR) is 80.7 cm³/mol. The molecule has 1 aromatic carbocycles. The number of amides is 1. The van der Waals surface area contributed by atoms with E-state index in [1.165, 1.54) is 0 Å². The molecule has 0 aliphatic carbocycles. The molecule has 2 rings (SSSR count). The Balaban J connectivity index is 2.29. The highest BCUT2D eigenvalue weighted by Crippen LogP contribution is 2.23. The molecule has 0 saturated carbocycles. The first-order valence-electron chi connectivity index (χ1n) is 6.88. The fourth-order valence-electron chi connectivity index (χ4n) is 2.16. The standard InChI is InChI=1S/C15H17N5O/c1-3-20(4-2)14(21)10-17-15-11-7-5-6-8-12(11)18-19-13(15)9-16/h5-8H,3-4,10H2,1-2H3,(H,17,18). The Hall–Kier alpha value is -2.68. The van der Waals surface area contributed by atoms with Gasteiger partial charge in [0.15, 0.2) is 5.69 Å². The van der Waals surface area contributed by atoms with Gasteiger partial charge < -0.3 is 10.2 Å². The number of nitrogens with zero attached hydrogens (tertiary/aromatic N) is 4. The average molecular weight is 283 g/mol. The lowest BCUT2D eigenvalue weighted by molar-refractivity contribution is -0.128. The lowest BCUT2D eigenvalue weighted by Gasteiger charge is -2.19. The third-order valence-corrected chi connectivity index (χ3v) is 3.31. The first-order chi connectivity index (χ1) is 10.2. The van der Waals surface area contributed by atoms with Crippen molar-refractivity contribution in [3.05, 3.63) is 30.0 Å². The van der Waals surface area contributed by atoms with E-state index >= 15 is 0 Å². The maximum Gasteiger partial charge on any atom is 0.241 e.